The number of aliphatic hydroxyl groups is 1. The summed E-state index contributed by atoms with van der Waals surface area (Å²) in [6, 6.07) is 48.8. The summed E-state index contributed by atoms with van der Waals surface area (Å²) in [7, 11) is -1.00. The van der Waals surface area contributed by atoms with E-state index in [1.165, 1.54) is 54.6 Å². The predicted molar refractivity (Wildman–Crippen MR) is 557 cm³/mol. The summed E-state index contributed by atoms with van der Waals surface area (Å²) >= 11 is 0. The van der Waals surface area contributed by atoms with E-state index in [0.717, 1.165) is 70.3 Å². The second-order valence-electron chi connectivity index (χ2n) is 33.5. The molecule has 790 valence electrons. The molecule has 0 saturated heterocycles. The van der Waals surface area contributed by atoms with E-state index < -0.39 is 44.1 Å². The van der Waals surface area contributed by atoms with Crippen LogP contribution in [0.25, 0.3) is 0 Å². The fourth-order valence-corrected chi connectivity index (χ4v) is 16.9. The Morgan fingerprint density at radius 1 is 0.463 bits per heavy atom. The highest BCUT2D eigenvalue weighted by Gasteiger charge is 2.40. The quantitative estimate of drug-likeness (QED) is 0.0123. The number of rotatable bonds is 23. The first-order valence-electron chi connectivity index (χ1n) is 47.4. The maximum Gasteiger partial charge on any atom is 0.359 e. The van der Waals surface area contributed by atoms with E-state index >= 15 is 0 Å². The number of aromatic amines is 3. The zero-order valence-electron chi connectivity index (χ0n) is 83.6. The summed E-state index contributed by atoms with van der Waals surface area (Å²) < 4.78 is 101. The first-order chi connectivity index (χ1) is 71.2. The molecule has 4 atom stereocenters. The Morgan fingerprint density at radius 3 is 1.11 bits per heavy atom. The van der Waals surface area contributed by atoms with Crippen LogP contribution >= 0.6 is 12.4 Å². The highest BCUT2D eigenvalue weighted by Crippen LogP contribution is 2.37. The molecule has 4 unspecified atom stereocenters. The summed E-state index contributed by atoms with van der Waals surface area (Å²) in [5.74, 6) is -5.58. The number of carboxylic acids is 2. The third-order valence-corrected chi connectivity index (χ3v) is 23.2. The van der Waals surface area contributed by atoms with Crippen LogP contribution in [0.15, 0.2) is 250 Å². The molecule has 4 aliphatic heterocycles. The minimum atomic E-state index is -1.13. The van der Waals surface area contributed by atoms with Gasteiger partial charge in [-0.1, -0.05) is 135 Å². The van der Waals surface area contributed by atoms with Crippen LogP contribution in [0, 0.1) is 23.3 Å². The van der Waals surface area contributed by atoms with E-state index in [4.69, 9.17) is 28.2 Å². The summed E-state index contributed by atoms with van der Waals surface area (Å²) in [5, 5.41) is 54.3. The Labute approximate surface area is 867 Å². The van der Waals surface area contributed by atoms with E-state index in [9.17, 15) is 79.4 Å². The number of allylic oxidation sites excluding steroid dienone is 3. The molecule has 6 amide bonds. The largest absolute Gasteiger partial charge is 0.478 e. The number of hydrogen-bond donors (Lipinski definition) is 11. The number of nitrogens with two attached hydrogens (primary N) is 1. The lowest BCUT2D eigenvalue weighted by Gasteiger charge is -2.32. The van der Waals surface area contributed by atoms with Gasteiger partial charge in [-0.3, -0.25) is 56.3 Å². The van der Waals surface area contributed by atoms with Crippen molar-refractivity contribution in [1.29, 1.82) is 0 Å². The molecule has 13 aromatic rings. The number of H-pyrrole nitrogens is 3. The summed E-state index contributed by atoms with van der Waals surface area (Å²) in [4.78, 5) is 135. The molecule has 0 saturated carbocycles. The lowest BCUT2D eigenvalue weighted by Crippen LogP contribution is -2.38. The molecule has 0 fully saturated rings. The monoisotopic (exact) mass is 2080 g/mol. The predicted octanol–water partition coefficient (Wildman–Crippen LogP) is 18.0. The molecular formula is C108H124ClF6N19O15. The number of aliphatic hydroxyl groups excluding tert-OH is 1. The van der Waals surface area contributed by atoms with Gasteiger partial charge < -0.3 is 81.4 Å². The lowest BCUT2D eigenvalue weighted by atomic mass is 9.95. The van der Waals surface area contributed by atoms with Crippen LogP contribution in [0.2, 0.25) is 0 Å². The average molecular weight is 2080 g/mol. The summed E-state index contributed by atoms with van der Waals surface area (Å²) in [5.41, 5.74) is 20.3. The molecule has 7 aromatic heterocycles. The lowest BCUT2D eigenvalue weighted by molar-refractivity contribution is -0.132. The number of amides is 6. The third kappa shape index (κ3) is 31.6. The maximum atomic E-state index is 13.5. The van der Waals surface area contributed by atoms with Gasteiger partial charge in [-0.2, -0.15) is 20.4 Å². The van der Waals surface area contributed by atoms with Crippen LogP contribution in [-0.4, -0.2) is 204 Å². The molecule has 6 aromatic carbocycles. The van der Waals surface area contributed by atoms with Crippen LogP contribution in [-0.2, 0) is 76.2 Å². The van der Waals surface area contributed by atoms with Gasteiger partial charge in [0.05, 0.1) is 76.1 Å². The van der Waals surface area contributed by atoms with Crippen molar-refractivity contribution in [3.8, 4) is 0 Å². The molecule has 0 bridgehead atoms. The van der Waals surface area contributed by atoms with Gasteiger partial charge in [-0.15, -0.1) is 12.4 Å². The number of halogens is 7. The number of aliphatic carboxylic acids is 1. The second kappa shape index (κ2) is 57.8. The molecule has 11 heterocycles. The van der Waals surface area contributed by atoms with Crippen LogP contribution in [0.5, 0.6) is 0 Å². The second-order valence-corrected chi connectivity index (χ2v) is 33.5. The topological polar surface area (TPSA) is 452 Å². The van der Waals surface area contributed by atoms with Crippen molar-refractivity contribution in [2.24, 2.45) is 0 Å². The van der Waals surface area contributed by atoms with Crippen molar-refractivity contribution < 1.29 is 102 Å². The number of ether oxygens (including phenoxy) is 2. The average Bonchev–Trinajstić information content (AvgIpc) is 1.62. The molecule has 5 aliphatic rings. The van der Waals surface area contributed by atoms with Gasteiger partial charge >= 0.3 is 23.9 Å². The zero-order valence-corrected chi connectivity index (χ0v) is 82.4. The van der Waals surface area contributed by atoms with Gasteiger partial charge in [0.15, 0.2) is 22.8 Å². The normalized spacial score (nSPS) is 14.5. The number of hydrogen-bond acceptors (Lipinski definition) is 19. The van der Waals surface area contributed by atoms with Crippen LogP contribution < -0.4 is 27.0 Å². The van der Waals surface area contributed by atoms with E-state index in [1.807, 2.05) is 31.5 Å². The number of aromatic carboxylic acids is 1. The number of nitrogens with zero attached hydrogens (tertiary/aromatic N) is 11. The van der Waals surface area contributed by atoms with Gasteiger partial charge in [-0.25, -0.2) is 36.7 Å². The first kappa shape index (κ1) is 116. The SMILES string of the molecule is C.C.C=CC(=O)Nc1cccc(N)c1.C=CC(=O)Nc1cccc(NC(=O)c2nn(Cc3ccc(F)cc3)c3c2CN(C(=O)c2ccc[nH]2)CC3C)c1.CC1CN(C(=O)c2ccc[nH]2)Cc2c(C(=O)O)nn(Cc3ccc(F)cc3)c21.CCOC(=O)c1nn(Cc2ccc(F)cc2)c2c1CN(C(=O)c1ccc[nH]1)CC2C.CCOC(=O)c1nn(Cc2ccc(F)cc2)c2c1CNCC2C.CO.Cl.O=C(O)C1=CC=CC1.[2H]CF.[2H]CF. The molecular weight excluding hydrogens is 1950 g/mol. The Kier molecular flexibility index (Phi) is 44.9. The van der Waals surface area contributed by atoms with Crippen molar-refractivity contribution >= 4 is 94.5 Å². The van der Waals surface area contributed by atoms with Crippen molar-refractivity contribution in [2.75, 3.05) is 82.5 Å². The molecule has 12 N–H and O–H groups in total. The van der Waals surface area contributed by atoms with Crippen LogP contribution in [0.1, 0.15) is 230 Å². The minimum Gasteiger partial charge on any atom is -0.478 e. The van der Waals surface area contributed by atoms with Crippen molar-refractivity contribution in [1.82, 2.24) is 74.1 Å². The molecule has 149 heavy (non-hydrogen) atoms. The minimum absolute atomic E-state index is 0. The number of carbonyl (C=O) groups excluding carboxylic acids is 8. The molecule has 18 rings (SSSR count). The van der Waals surface area contributed by atoms with Gasteiger partial charge in [0.25, 0.3) is 23.6 Å². The van der Waals surface area contributed by atoms with Crippen molar-refractivity contribution in [2.45, 2.75) is 139 Å². The Balaban J connectivity index is 0.000000251. The number of benzene rings is 6. The smallest absolute Gasteiger partial charge is 0.359 e. The van der Waals surface area contributed by atoms with Gasteiger partial charge in [0, 0.05) is 155 Å². The summed E-state index contributed by atoms with van der Waals surface area (Å²) in [6.45, 7) is 24.0. The number of esters is 2. The van der Waals surface area contributed by atoms with E-state index in [-0.39, 0.29) is 147 Å². The number of carboxylic acid groups (broad SMARTS) is 2. The first-order valence-corrected chi connectivity index (χ1v) is 46.0. The van der Waals surface area contributed by atoms with Crippen molar-refractivity contribution in [3.63, 3.8) is 0 Å². The number of nitrogen functional groups attached to an aromatic ring is 1. The maximum absolute atomic E-state index is 13.5. The zero-order chi connectivity index (χ0) is 107. The molecule has 0 radical (unpaired) electrons. The Morgan fingerprint density at radius 2 is 0.792 bits per heavy atom. The van der Waals surface area contributed by atoms with Gasteiger partial charge in [0.2, 0.25) is 11.8 Å². The fraction of sp³-hybridized carbons (Fsp3) is 0.278. The van der Waals surface area contributed by atoms with E-state index in [2.05, 4.69) is 76.7 Å². The number of nitrogens with one attached hydrogen (secondary N) is 7. The van der Waals surface area contributed by atoms with Gasteiger partial charge in [0.1, 0.15) is 40.4 Å². The fourth-order valence-electron chi connectivity index (χ4n) is 16.9. The molecule has 1 aliphatic carbocycles. The number of alkyl halides is 2. The van der Waals surface area contributed by atoms with Crippen LogP contribution in [0.3, 0.4) is 0 Å². The number of anilines is 4. The van der Waals surface area contributed by atoms with Crippen molar-refractivity contribution in [3.05, 3.63) is 380 Å². The highest BCUT2D eigenvalue weighted by atomic mass is 35.5. The standard InChI is InChI=1S/C29H27FN6O3.C22H23FN4O3.C20H19FN4O3.C17H20FN3O2.C9H10N2O.C6H6O2.2CH3F.CH4O.2CH4.ClH/c1-3-25(37)32-21-6-4-7-22(14-21)33-28(38)26-23-17-35(29(39)24-8-5-13-31-24)15-18(2)27(23)36(34-26)16-19-9-11-20(30)12-10-19;1-3-30-22(29)19-17-13-26(21(28)18-5-4-10-24-18)11-14(2)20(17)27(25-19)12-15-6-8-16(23)9-7-15;1-12-9-24(19(26)16-3-2-8-22-16)11-15-17(20(27)28)23-25(18(12)15)10-13-4-6-14(21)7-5-13;1-3-23-17(22)15-14-9-19-8-11(2)16(14)21(20-15)10-12-4-6-13(18)7-5-12;1-2-9(12)11-8-5-3-4-7(10)6-8;7-6(8)5-3-1-2-4-5;3*1-2;;;/h3-14,18,31H,1,15-17H2,2H3,(H,32,37)(H,33,38);4-10,14,24H,3,11-13H2,1-2H3;2-8,12,22H,9-11H2,1H3,(H,27,28);4-7,11,19H,3,8-10H2,1-2H3;2-6H,1,10H2,(H,11,12);1-3H,4H2,(H,7,8);2*1H3;2H,1H3;2*1H4;1H/i;;;;;;2*1D;;;;. The molecule has 41 heteroatoms. The van der Waals surface area contributed by atoms with Crippen LogP contribution in [0.4, 0.5) is 49.1 Å². The number of carbonyl (C=O) groups is 10. The Bertz CT molecular complexity index is 6800. The van der Waals surface area contributed by atoms with E-state index in [0.29, 0.717) is 133 Å². The highest BCUT2D eigenvalue weighted by molar-refractivity contribution is 6.06. The number of fused-ring (bicyclic) bond motifs is 4. The molecule has 34 nitrogen and oxygen atoms in total. The van der Waals surface area contributed by atoms with E-state index in [1.54, 1.807) is 207 Å². The molecule has 0 spiro atoms. The summed E-state index contributed by atoms with van der Waals surface area (Å²) in [6.07, 6.45) is 13.2. The van der Waals surface area contributed by atoms with Gasteiger partial charge in [-0.05, 0) is 176 Å². The Hall–Kier alpha value is -16.8. The third-order valence-electron chi connectivity index (χ3n) is 23.2. The number of aromatic nitrogens is 11.